The molecular weight excluding hydrogens is 384 g/mol. The van der Waals surface area contributed by atoms with Gasteiger partial charge in [-0.1, -0.05) is 13.8 Å². The van der Waals surface area contributed by atoms with E-state index in [4.69, 9.17) is 0 Å². The van der Waals surface area contributed by atoms with Crippen LogP contribution in [0.5, 0.6) is 5.75 Å². The highest BCUT2D eigenvalue weighted by Crippen LogP contribution is 2.27. The van der Waals surface area contributed by atoms with Crippen LogP contribution in [0.2, 0.25) is 0 Å². The molecule has 21 heavy (non-hydrogen) atoms. The molecule has 4 nitrogen and oxygen atoms in total. The van der Waals surface area contributed by atoms with Crippen molar-refractivity contribution in [1.29, 1.82) is 0 Å². The van der Waals surface area contributed by atoms with Gasteiger partial charge < -0.3 is 10.4 Å². The van der Waals surface area contributed by atoms with Crippen LogP contribution in [0.25, 0.3) is 11.4 Å². The van der Waals surface area contributed by atoms with Gasteiger partial charge in [0, 0.05) is 18.7 Å². The molecule has 0 saturated carbocycles. The van der Waals surface area contributed by atoms with Crippen molar-refractivity contribution < 1.29 is 9.50 Å². The van der Waals surface area contributed by atoms with Crippen LogP contribution in [0.15, 0.2) is 18.2 Å². The minimum absolute atomic E-state index is 0.136. The zero-order valence-corrected chi connectivity index (χ0v) is 14.3. The van der Waals surface area contributed by atoms with E-state index in [1.807, 2.05) is 0 Å². The summed E-state index contributed by atoms with van der Waals surface area (Å²) in [6.07, 6.45) is 0.809. The van der Waals surface area contributed by atoms with Crippen LogP contribution < -0.4 is 5.32 Å². The summed E-state index contributed by atoms with van der Waals surface area (Å²) in [5.74, 6) is 0.921. The Bertz CT molecular complexity index is 641. The van der Waals surface area contributed by atoms with Gasteiger partial charge in [-0.2, -0.15) is 0 Å². The van der Waals surface area contributed by atoms with E-state index >= 15 is 0 Å². The predicted molar refractivity (Wildman–Crippen MR) is 89.9 cm³/mol. The van der Waals surface area contributed by atoms with Gasteiger partial charge in [-0.25, -0.2) is 14.4 Å². The second-order valence-corrected chi connectivity index (χ2v) is 6.28. The number of aromatic hydroxyl groups is 1. The van der Waals surface area contributed by atoms with E-state index in [1.165, 1.54) is 12.1 Å². The van der Waals surface area contributed by atoms with Crippen molar-refractivity contribution in [2.24, 2.45) is 5.92 Å². The largest absolute Gasteiger partial charge is 0.508 e. The molecule has 2 N–H and O–H groups in total. The molecule has 0 aliphatic heterocycles. The lowest BCUT2D eigenvalue weighted by atomic mass is 10.1. The summed E-state index contributed by atoms with van der Waals surface area (Å²) in [7, 11) is 1.79. The average molecular weight is 401 g/mol. The first-order valence-electron chi connectivity index (χ1n) is 6.64. The summed E-state index contributed by atoms with van der Waals surface area (Å²) in [5, 5.41) is 12.6. The minimum atomic E-state index is -0.511. The first-order valence-corrected chi connectivity index (χ1v) is 7.72. The lowest BCUT2D eigenvalue weighted by Gasteiger charge is -2.13. The second-order valence-electron chi connectivity index (χ2n) is 5.20. The number of benzene rings is 1. The molecule has 2 aromatic rings. The summed E-state index contributed by atoms with van der Waals surface area (Å²) in [5.41, 5.74) is 1.38. The number of rotatable bonds is 4. The molecule has 1 heterocycles. The van der Waals surface area contributed by atoms with E-state index in [0.717, 1.165) is 21.8 Å². The monoisotopic (exact) mass is 401 g/mol. The van der Waals surface area contributed by atoms with Gasteiger partial charge in [0.1, 0.15) is 17.4 Å². The summed E-state index contributed by atoms with van der Waals surface area (Å²) in [4.78, 5) is 8.94. The molecule has 0 amide bonds. The minimum Gasteiger partial charge on any atom is -0.508 e. The van der Waals surface area contributed by atoms with Crippen LogP contribution in [0.4, 0.5) is 10.2 Å². The number of hydrogen-bond acceptors (Lipinski definition) is 4. The Labute approximate surface area is 137 Å². The zero-order valence-electron chi connectivity index (χ0n) is 12.1. The highest BCUT2D eigenvalue weighted by atomic mass is 127. The van der Waals surface area contributed by atoms with Gasteiger partial charge in [-0.15, -0.1) is 0 Å². The fraction of sp³-hybridized carbons (Fsp3) is 0.333. The molecule has 0 aliphatic carbocycles. The van der Waals surface area contributed by atoms with Crippen molar-refractivity contribution in [2.75, 3.05) is 12.4 Å². The number of aromatic nitrogens is 2. The third kappa shape index (κ3) is 3.81. The first kappa shape index (κ1) is 15.9. The van der Waals surface area contributed by atoms with Gasteiger partial charge >= 0.3 is 0 Å². The maximum atomic E-state index is 13.5. The number of phenols is 1. The predicted octanol–water partition coefficient (Wildman–Crippen LogP) is 3.83. The fourth-order valence-corrected chi connectivity index (χ4v) is 2.74. The highest BCUT2D eigenvalue weighted by Gasteiger charge is 2.14. The average Bonchev–Trinajstić information content (AvgIpc) is 2.39. The maximum Gasteiger partial charge on any atom is 0.162 e. The molecule has 0 aliphatic rings. The SMILES string of the molecule is CNc1nc(-c2cc(O)cc(F)c2)nc(CC(C)C)c1I. The molecule has 112 valence electrons. The molecule has 1 aromatic heterocycles. The van der Waals surface area contributed by atoms with Gasteiger partial charge in [-0.05, 0) is 47.1 Å². The lowest BCUT2D eigenvalue weighted by molar-refractivity contribution is 0.469. The van der Waals surface area contributed by atoms with Crippen molar-refractivity contribution in [1.82, 2.24) is 9.97 Å². The van der Waals surface area contributed by atoms with E-state index < -0.39 is 5.82 Å². The molecular formula is C15H17FIN3O. The van der Waals surface area contributed by atoms with Gasteiger partial charge in [0.15, 0.2) is 5.82 Å². The molecule has 0 spiro atoms. The Balaban J connectivity index is 2.57. The quantitative estimate of drug-likeness (QED) is 0.765. The number of hydrogen-bond donors (Lipinski definition) is 2. The maximum absolute atomic E-state index is 13.5. The summed E-state index contributed by atoms with van der Waals surface area (Å²) in [6, 6.07) is 3.84. The van der Waals surface area contributed by atoms with E-state index in [0.29, 0.717) is 23.1 Å². The standard InChI is InChI=1S/C15H17FIN3O/c1-8(2)4-12-13(17)15(18-3)20-14(19-12)9-5-10(16)7-11(21)6-9/h5-8,21H,4H2,1-3H3,(H,18,19,20). The third-order valence-electron chi connectivity index (χ3n) is 2.90. The van der Waals surface area contributed by atoms with Gasteiger partial charge in [0.2, 0.25) is 0 Å². The second kappa shape index (κ2) is 6.55. The van der Waals surface area contributed by atoms with E-state index in [-0.39, 0.29) is 5.75 Å². The number of nitrogens with one attached hydrogen (secondary N) is 1. The van der Waals surface area contributed by atoms with Crippen LogP contribution in [0.1, 0.15) is 19.5 Å². The van der Waals surface area contributed by atoms with Gasteiger partial charge in [0.25, 0.3) is 0 Å². The molecule has 0 bridgehead atoms. The van der Waals surface area contributed by atoms with E-state index in [9.17, 15) is 9.50 Å². The highest BCUT2D eigenvalue weighted by molar-refractivity contribution is 14.1. The number of anilines is 1. The summed E-state index contributed by atoms with van der Waals surface area (Å²) >= 11 is 2.21. The Hall–Kier alpha value is -1.44. The Kier molecular flexibility index (Phi) is 4.97. The molecule has 0 radical (unpaired) electrons. The van der Waals surface area contributed by atoms with Crippen LogP contribution >= 0.6 is 22.6 Å². The Morgan fingerprint density at radius 3 is 2.57 bits per heavy atom. The van der Waals surface area contributed by atoms with E-state index in [2.05, 4.69) is 51.7 Å². The van der Waals surface area contributed by atoms with Crippen molar-refractivity contribution in [2.45, 2.75) is 20.3 Å². The van der Waals surface area contributed by atoms with E-state index in [1.54, 1.807) is 7.05 Å². The van der Waals surface area contributed by atoms with Crippen LogP contribution in [-0.2, 0) is 6.42 Å². The molecule has 0 unspecified atom stereocenters. The molecule has 0 fully saturated rings. The van der Waals surface area contributed by atoms with Gasteiger partial charge in [-0.3, -0.25) is 0 Å². The lowest BCUT2D eigenvalue weighted by Crippen LogP contribution is -2.08. The van der Waals surface area contributed by atoms with Crippen molar-refractivity contribution in [3.8, 4) is 17.1 Å². The van der Waals surface area contributed by atoms with Gasteiger partial charge in [0.05, 0.1) is 9.26 Å². The zero-order chi connectivity index (χ0) is 15.6. The number of halogens is 2. The van der Waals surface area contributed by atoms with Crippen LogP contribution in [-0.4, -0.2) is 22.1 Å². The Morgan fingerprint density at radius 2 is 2.00 bits per heavy atom. The molecule has 0 atom stereocenters. The first-order chi connectivity index (χ1) is 9.90. The normalized spacial score (nSPS) is 11.0. The fourth-order valence-electron chi connectivity index (χ4n) is 2.01. The summed E-state index contributed by atoms with van der Waals surface area (Å²) < 4.78 is 14.4. The summed E-state index contributed by atoms with van der Waals surface area (Å²) in [6.45, 7) is 4.23. The number of nitrogens with zero attached hydrogens (tertiary/aromatic N) is 2. The van der Waals surface area contributed by atoms with Crippen molar-refractivity contribution in [3.63, 3.8) is 0 Å². The molecule has 2 rings (SSSR count). The van der Waals surface area contributed by atoms with Crippen LogP contribution in [0.3, 0.4) is 0 Å². The van der Waals surface area contributed by atoms with Crippen LogP contribution in [0, 0.1) is 15.3 Å². The molecule has 6 heteroatoms. The topological polar surface area (TPSA) is 58.0 Å². The Morgan fingerprint density at radius 1 is 1.29 bits per heavy atom. The van der Waals surface area contributed by atoms with Crippen molar-refractivity contribution in [3.05, 3.63) is 33.3 Å². The smallest absolute Gasteiger partial charge is 0.162 e. The molecule has 0 saturated heterocycles. The van der Waals surface area contributed by atoms with Crippen molar-refractivity contribution >= 4 is 28.4 Å². The third-order valence-corrected chi connectivity index (χ3v) is 4.03. The molecule has 1 aromatic carbocycles. The number of phenolic OH excluding ortho intramolecular Hbond substituents is 1.